The molecule has 106 valence electrons. The Morgan fingerprint density at radius 1 is 1.26 bits per heavy atom. The molecule has 0 amide bonds. The van der Waals surface area contributed by atoms with Crippen LogP contribution in [-0.4, -0.2) is 11.2 Å². The number of benzene rings is 1. The molecular formula is C16H22F2O. The molecule has 0 radical (unpaired) electrons. The van der Waals surface area contributed by atoms with Gasteiger partial charge in [-0.2, -0.15) is 0 Å². The van der Waals surface area contributed by atoms with E-state index >= 15 is 0 Å². The predicted octanol–water partition coefficient (Wildman–Crippen LogP) is 4.08. The van der Waals surface area contributed by atoms with Crippen molar-refractivity contribution < 1.29 is 13.9 Å². The lowest BCUT2D eigenvalue weighted by Gasteiger charge is -2.31. The SMILES string of the molecule is CCC1CCCC(C(O)Cc2c(F)cccc2F)C1. The minimum absolute atomic E-state index is 0.0219. The largest absolute Gasteiger partial charge is 0.392 e. The highest BCUT2D eigenvalue weighted by Gasteiger charge is 2.27. The molecule has 1 N–H and O–H groups in total. The van der Waals surface area contributed by atoms with Crippen LogP contribution in [0.3, 0.4) is 0 Å². The monoisotopic (exact) mass is 268 g/mol. The number of aliphatic hydroxyl groups is 1. The molecule has 3 heteroatoms. The Morgan fingerprint density at radius 2 is 1.95 bits per heavy atom. The highest BCUT2D eigenvalue weighted by molar-refractivity contribution is 5.20. The van der Waals surface area contributed by atoms with Gasteiger partial charge >= 0.3 is 0 Å². The standard InChI is InChI=1S/C16H22F2O/c1-2-11-5-3-6-12(9-11)16(19)10-13-14(17)7-4-8-15(13)18/h4,7-8,11-12,16,19H,2-3,5-6,9-10H2,1H3. The van der Waals surface area contributed by atoms with E-state index in [-0.39, 0.29) is 17.9 Å². The van der Waals surface area contributed by atoms with E-state index in [4.69, 9.17) is 0 Å². The molecule has 1 aliphatic rings. The van der Waals surface area contributed by atoms with E-state index in [0.717, 1.165) is 25.7 Å². The topological polar surface area (TPSA) is 20.2 Å². The fraction of sp³-hybridized carbons (Fsp3) is 0.625. The highest BCUT2D eigenvalue weighted by atomic mass is 19.1. The third-order valence-corrected chi connectivity index (χ3v) is 4.42. The zero-order valence-electron chi connectivity index (χ0n) is 11.4. The molecule has 0 heterocycles. The molecule has 1 aliphatic carbocycles. The summed E-state index contributed by atoms with van der Waals surface area (Å²) in [5, 5.41) is 10.3. The van der Waals surface area contributed by atoms with E-state index in [1.807, 2.05) is 0 Å². The van der Waals surface area contributed by atoms with Crippen LogP contribution < -0.4 is 0 Å². The van der Waals surface area contributed by atoms with Gasteiger partial charge in [-0.05, 0) is 36.8 Å². The number of aliphatic hydroxyl groups excluding tert-OH is 1. The molecular weight excluding hydrogens is 246 g/mol. The molecule has 1 saturated carbocycles. The van der Waals surface area contributed by atoms with Crippen LogP contribution in [0.25, 0.3) is 0 Å². The van der Waals surface area contributed by atoms with Crippen LogP contribution in [0.4, 0.5) is 8.78 Å². The van der Waals surface area contributed by atoms with Crippen LogP contribution in [0.2, 0.25) is 0 Å². The lowest BCUT2D eigenvalue weighted by atomic mass is 9.76. The molecule has 19 heavy (non-hydrogen) atoms. The number of hydrogen-bond donors (Lipinski definition) is 1. The highest BCUT2D eigenvalue weighted by Crippen LogP contribution is 2.34. The fourth-order valence-corrected chi connectivity index (χ4v) is 3.16. The summed E-state index contributed by atoms with van der Waals surface area (Å²) in [5.74, 6) is -0.277. The van der Waals surface area contributed by atoms with Gasteiger partial charge in [-0.25, -0.2) is 8.78 Å². The first-order chi connectivity index (χ1) is 9.11. The van der Waals surface area contributed by atoms with Crippen molar-refractivity contribution in [1.29, 1.82) is 0 Å². The molecule has 3 atom stereocenters. The third-order valence-electron chi connectivity index (χ3n) is 4.42. The van der Waals surface area contributed by atoms with Crippen molar-refractivity contribution in [2.24, 2.45) is 11.8 Å². The van der Waals surface area contributed by atoms with Crippen molar-refractivity contribution in [2.45, 2.75) is 51.6 Å². The summed E-state index contributed by atoms with van der Waals surface area (Å²) in [6.45, 7) is 2.16. The molecule has 2 rings (SSSR count). The van der Waals surface area contributed by atoms with Crippen LogP contribution in [0.5, 0.6) is 0 Å². The van der Waals surface area contributed by atoms with Crippen LogP contribution >= 0.6 is 0 Å². The molecule has 0 aliphatic heterocycles. The lowest BCUT2D eigenvalue weighted by molar-refractivity contribution is 0.0671. The zero-order chi connectivity index (χ0) is 13.8. The lowest BCUT2D eigenvalue weighted by Crippen LogP contribution is -2.28. The Kier molecular flexibility index (Phi) is 4.92. The number of hydrogen-bond acceptors (Lipinski definition) is 1. The number of halogens is 2. The molecule has 0 spiro atoms. The van der Waals surface area contributed by atoms with Crippen molar-refractivity contribution in [3.63, 3.8) is 0 Å². The minimum atomic E-state index is -0.638. The van der Waals surface area contributed by atoms with E-state index in [1.165, 1.54) is 24.6 Å². The van der Waals surface area contributed by atoms with Crippen LogP contribution in [0.15, 0.2) is 18.2 Å². The summed E-state index contributed by atoms with van der Waals surface area (Å²) in [6.07, 6.45) is 4.84. The van der Waals surface area contributed by atoms with Crippen LogP contribution in [0.1, 0.15) is 44.6 Å². The van der Waals surface area contributed by atoms with E-state index in [1.54, 1.807) is 0 Å². The van der Waals surface area contributed by atoms with Crippen molar-refractivity contribution >= 4 is 0 Å². The van der Waals surface area contributed by atoms with Gasteiger partial charge in [0.05, 0.1) is 6.10 Å². The second kappa shape index (κ2) is 6.47. The van der Waals surface area contributed by atoms with Gasteiger partial charge in [0.15, 0.2) is 0 Å². The predicted molar refractivity (Wildman–Crippen MR) is 71.8 cm³/mol. The average molecular weight is 268 g/mol. The first-order valence-electron chi connectivity index (χ1n) is 7.22. The van der Waals surface area contributed by atoms with Gasteiger partial charge in [0.2, 0.25) is 0 Å². The maximum absolute atomic E-state index is 13.6. The van der Waals surface area contributed by atoms with Crippen molar-refractivity contribution in [3.8, 4) is 0 Å². The Bertz CT molecular complexity index is 399. The van der Waals surface area contributed by atoms with Gasteiger partial charge in [-0.15, -0.1) is 0 Å². The third kappa shape index (κ3) is 3.53. The first kappa shape index (κ1) is 14.4. The second-order valence-corrected chi connectivity index (χ2v) is 5.67. The first-order valence-corrected chi connectivity index (χ1v) is 7.22. The second-order valence-electron chi connectivity index (χ2n) is 5.67. The normalized spacial score (nSPS) is 25.3. The van der Waals surface area contributed by atoms with E-state index in [2.05, 4.69) is 6.92 Å². The molecule has 1 aromatic rings. The van der Waals surface area contributed by atoms with Crippen molar-refractivity contribution in [1.82, 2.24) is 0 Å². The zero-order valence-corrected chi connectivity index (χ0v) is 11.4. The molecule has 0 saturated heterocycles. The Hall–Kier alpha value is -0.960. The van der Waals surface area contributed by atoms with Gasteiger partial charge < -0.3 is 5.11 Å². The number of rotatable bonds is 4. The Morgan fingerprint density at radius 3 is 2.58 bits per heavy atom. The van der Waals surface area contributed by atoms with Gasteiger partial charge in [0.25, 0.3) is 0 Å². The summed E-state index contributed by atoms with van der Waals surface area (Å²) in [4.78, 5) is 0. The van der Waals surface area contributed by atoms with Crippen molar-refractivity contribution in [2.75, 3.05) is 0 Å². The van der Waals surface area contributed by atoms with Crippen LogP contribution in [0, 0.1) is 23.5 Å². The summed E-state index contributed by atoms with van der Waals surface area (Å²) >= 11 is 0. The summed E-state index contributed by atoms with van der Waals surface area (Å²) in [7, 11) is 0. The average Bonchev–Trinajstić information content (AvgIpc) is 2.43. The van der Waals surface area contributed by atoms with Gasteiger partial charge in [-0.1, -0.05) is 32.3 Å². The van der Waals surface area contributed by atoms with Gasteiger partial charge in [0.1, 0.15) is 11.6 Å². The Labute approximate surface area is 113 Å². The van der Waals surface area contributed by atoms with Gasteiger partial charge in [0, 0.05) is 12.0 Å². The van der Waals surface area contributed by atoms with Gasteiger partial charge in [-0.3, -0.25) is 0 Å². The summed E-state index contributed by atoms with van der Waals surface area (Å²) in [6, 6.07) is 3.86. The summed E-state index contributed by atoms with van der Waals surface area (Å²) < 4.78 is 27.1. The molecule has 0 aromatic heterocycles. The fourth-order valence-electron chi connectivity index (χ4n) is 3.16. The molecule has 1 nitrogen and oxygen atoms in total. The molecule has 1 fully saturated rings. The summed E-state index contributed by atoms with van der Waals surface area (Å²) in [5.41, 5.74) is 0.0219. The molecule has 3 unspecified atom stereocenters. The maximum Gasteiger partial charge on any atom is 0.129 e. The minimum Gasteiger partial charge on any atom is -0.392 e. The quantitative estimate of drug-likeness (QED) is 0.872. The maximum atomic E-state index is 13.6. The smallest absolute Gasteiger partial charge is 0.129 e. The van der Waals surface area contributed by atoms with E-state index < -0.39 is 17.7 Å². The van der Waals surface area contributed by atoms with E-state index in [0.29, 0.717) is 5.92 Å². The van der Waals surface area contributed by atoms with Crippen molar-refractivity contribution in [3.05, 3.63) is 35.4 Å². The van der Waals surface area contributed by atoms with Crippen LogP contribution in [-0.2, 0) is 6.42 Å². The molecule has 0 bridgehead atoms. The molecule has 1 aromatic carbocycles. The Balaban J connectivity index is 2.02. The van der Waals surface area contributed by atoms with E-state index in [9.17, 15) is 13.9 Å².